The predicted molar refractivity (Wildman–Crippen MR) is 67.7 cm³/mol. The highest BCUT2D eigenvalue weighted by molar-refractivity contribution is 5.97. The number of carbonyl (C=O) groups excluding carboxylic acids is 1. The van der Waals surface area contributed by atoms with Crippen LogP contribution in [0.5, 0.6) is 5.75 Å². The van der Waals surface area contributed by atoms with Crippen LogP contribution in [0.15, 0.2) is 48.5 Å². The maximum absolute atomic E-state index is 12.7. The Hall–Kier alpha value is -2.37. The smallest absolute Gasteiger partial charge is 0.416 e. The molecule has 0 aliphatic carbocycles. The Morgan fingerprint density at radius 2 is 1.71 bits per heavy atom. The first kappa shape index (κ1) is 15.0. The van der Waals surface area contributed by atoms with Crippen LogP contribution in [0.1, 0.15) is 15.9 Å². The third-order valence-electron chi connectivity index (χ3n) is 2.70. The lowest BCUT2D eigenvalue weighted by atomic mass is 10.1. The minimum Gasteiger partial charge on any atom is -0.485 e. The molecule has 0 atom stereocenters. The lowest BCUT2D eigenvalue weighted by Gasteiger charge is -2.09. The highest BCUT2D eigenvalue weighted by Gasteiger charge is 2.30. The fourth-order valence-electron chi connectivity index (χ4n) is 1.63. The van der Waals surface area contributed by atoms with E-state index in [9.17, 15) is 22.4 Å². The number of carbonyl (C=O) groups is 1. The van der Waals surface area contributed by atoms with Gasteiger partial charge in [-0.1, -0.05) is 6.07 Å². The molecule has 21 heavy (non-hydrogen) atoms. The van der Waals surface area contributed by atoms with Gasteiger partial charge in [0, 0.05) is 5.56 Å². The molecule has 2 aromatic carbocycles. The van der Waals surface area contributed by atoms with Gasteiger partial charge in [0.25, 0.3) is 0 Å². The quantitative estimate of drug-likeness (QED) is 0.627. The molecule has 0 aliphatic rings. The van der Waals surface area contributed by atoms with Gasteiger partial charge >= 0.3 is 6.18 Å². The summed E-state index contributed by atoms with van der Waals surface area (Å²) in [6.07, 6.45) is -4.47. The number of alkyl halides is 3. The molecule has 0 heterocycles. The summed E-state index contributed by atoms with van der Waals surface area (Å²) in [5, 5.41) is 0. The van der Waals surface area contributed by atoms with Crippen LogP contribution in [0, 0.1) is 5.82 Å². The van der Waals surface area contributed by atoms with Crippen molar-refractivity contribution in [1.29, 1.82) is 0 Å². The zero-order valence-electron chi connectivity index (χ0n) is 10.7. The number of halogens is 4. The molecule has 0 amide bonds. The average Bonchev–Trinajstić information content (AvgIpc) is 2.45. The van der Waals surface area contributed by atoms with Crippen LogP contribution in [0.25, 0.3) is 0 Å². The lowest BCUT2D eigenvalue weighted by Crippen LogP contribution is -2.12. The molecule has 6 heteroatoms. The van der Waals surface area contributed by atoms with Gasteiger partial charge in [-0.25, -0.2) is 4.39 Å². The number of hydrogen-bond donors (Lipinski definition) is 0. The van der Waals surface area contributed by atoms with E-state index in [1.165, 1.54) is 24.3 Å². The second-order valence-electron chi connectivity index (χ2n) is 4.24. The van der Waals surface area contributed by atoms with E-state index in [0.717, 1.165) is 24.3 Å². The first-order valence-electron chi connectivity index (χ1n) is 5.95. The maximum Gasteiger partial charge on any atom is 0.416 e. The molecular weight excluding hydrogens is 288 g/mol. The first-order valence-corrected chi connectivity index (χ1v) is 5.95. The molecule has 0 radical (unpaired) electrons. The molecule has 110 valence electrons. The number of Topliss-reactive ketones (excluding diaryl/α,β-unsaturated/α-hetero) is 1. The van der Waals surface area contributed by atoms with Crippen LogP contribution in [0.2, 0.25) is 0 Å². The highest BCUT2D eigenvalue weighted by Crippen LogP contribution is 2.31. The second kappa shape index (κ2) is 5.95. The van der Waals surface area contributed by atoms with Crippen molar-refractivity contribution >= 4 is 5.78 Å². The molecule has 2 rings (SSSR count). The summed E-state index contributed by atoms with van der Waals surface area (Å²) in [7, 11) is 0. The molecule has 0 fully saturated rings. The van der Waals surface area contributed by atoms with Crippen molar-refractivity contribution in [2.45, 2.75) is 6.18 Å². The normalized spacial score (nSPS) is 11.2. The molecule has 0 aromatic heterocycles. The highest BCUT2D eigenvalue weighted by atomic mass is 19.4. The molecule has 0 saturated heterocycles. The van der Waals surface area contributed by atoms with Gasteiger partial charge < -0.3 is 4.74 Å². The molecule has 2 nitrogen and oxygen atoms in total. The van der Waals surface area contributed by atoms with Gasteiger partial charge in [-0.15, -0.1) is 0 Å². The van der Waals surface area contributed by atoms with Gasteiger partial charge in [-0.2, -0.15) is 13.2 Å². The van der Waals surface area contributed by atoms with Crippen LogP contribution < -0.4 is 4.74 Å². The number of hydrogen-bond acceptors (Lipinski definition) is 2. The lowest BCUT2D eigenvalue weighted by molar-refractivity contribution is -0.137. The molecule has 2 aromatic rings. The molecule has 0 spiro atoms. The van der Waals surface area contributed by atoms with Gasteiger partial charge in [-0.3, -0.25) is 4.79 Å². The van der Waals surface area contributed by atoms with E-state index in [-0.39, 0.29) is 11.3 Å². The van der Waals surface area contributed by atoms with Crippen LogP contribution in [0.4, 0.5) is 17.6 Å². The molecular formula is C15H10F4O2. The first-order chi connectivity index (χ1) is 9.86. The van der Waals surface area contributed by atoms with E-state index in [2.05, 4.69) is 0 Å². The Morgan fingerprint density at radius 1 is 1.05 bits per heavy atom. The van der Waals surface area contributed by atoms with E-state index >= 15 is 0 Å². The summed E-state index contributed by atoms with van der Waals surface area (Å²) in [5.41, 5.74) is -0.627. The van der Waals surface area contributed by atoms with Crippen LogP contribution >= 0.6 is 0 Å². The Labute approximate surface area is 118 Å². The van der Waals surface area contributed by atoms with Crippen molar-refractivity contribution in [2.24, 2.45) is 0 Å². The number of rotatable bonds is 4. The standard InChI is InChI=1S/C15H10F4O2/c16-12-6-4-10(5-7-12)14(20)9-21-13-3-1-2-11(8-13)15(17,18)19/h1-8H,9H2. The Morgan fingerprint density at radius 3 is 2.33 bits per heavy atom. The van der Waals surface area contributed by atoms with Crippen molar-refractivity contribution in [3.05, 3.63) is 65.5 Å². The van der Waals surface area contributed by atoms with Crippen molar-refractivity contribution in [1.82, 2.24) is 0 Å². The average molecular weight is 298 g/mol. The van der Waals surface area contributed by atoms with Crippen LogP contribution in [0.3, 0.4) is 0 Å². The zero-order chi connectivity index (χ0) is 15.5. The number of ether oxygens (including phenoxy) is 1. The number of benzene rings is 2. The topological polar surface area (TPSA) is 26.3 Å². The fourth-order valence-corrected chi connectivity index (χ4v) is 1.63. The Bertz CT molecular complexity index is 633. The fraction of sp³-hybridized carbons (Fsp3) is 0.133. The summed E-state index contributed by atoms with van der Waals surface area (Å²) in [6.45, 7) is -0.424. The van der Waals surface area contributed by atoms with Gasteiger partial charge in [0.1, 0.15) is 11.6 Å². The van der Waals surface area contributed by atoms with Gasteiger partial charge in [0.15, 0.2) is 12.4 Å². The summed E-state index contributed by atoms with van der Waals surface area (Å²) >= 11 is 0. The van der Waals surface area contributed by atoms with Gasteiger partial charge in [-0.05, 0) is 42.5 Å². The maximum atomic E-state index is 12.7. The third kappa shape index (κ3) is 4.05. The largest absolute Gasteiger partial charge is 0.485 e. The molecule has 0 saturated carbocycles. The predicted octanol–water partition coefficient (Wildman–Crippen LogP) is 4.11. The minimum absolute atomic E-state index is 0.0553. The van der Waals surface area contributed by atoms with Gasteiger partial charge in [0.2, 0.25) is 0 Å². The minimum atomic E-state index is -4.47. The molecule has 0 unspecified atom stereocenters. The summed E-state index contributed by atoms with van der Waals surface area (Å²) < 4.78 is 55.3. The molecule has 0 N–H and O–H groups in total. The van der Waals surface area contributed by atoms with Crippen molar-refractivity contribution in [3.8, 4) is 5.75 Å². The van der Waals surface area contributed by atoms with E-state index in [0.29, 0.717) is 0 Å². The Kier molecular flexibility index (Phi) is 4.26. The Balaban J connectivity index is 2.03. The monoisotopic (exact) mass is 298 g/mol. The summed E-state index contributed by atoms with van der Waals surface area (Å²) in [6, 6.07) is 9.07. The van der Waals surface area contributed by atoms with Crippen molar-refractivity contribution in [3.63, 3.8) is 0 Å². The van der Waals surface area contributed by atoms with Crippen LogP contribution in [-0.4, -0.2) is 12.4 Å². The third-order valence-corrected chi connectivity index (χ3v) is 2.70. The van der Waals surface area contributed by atoms with Crippen LogP contribution in [-0.2, 0) is 6.18 Å². The summed E-state index contributed by atoms with van der Waals surface area (Å²) in [5.74, 6) is -0.988. The zero-order valence-corrected chi connectivity index (χ0v) is 10.7. The summed E-state index contributed by atoms with van der Waals surface area (Å²) in [4.78, 5) is 11.7. The van der Waals surface area contributed by atoms with Crippen molar-refractivity contribution < 1.29 is 27.1 Å². The molecule has 0 aliphatic heterocycles. The second-order valence-corrected chi connectivity index (χ2v) is 4.24. The van der Waals surface area contributed by atoms with Gasteiger partial charge in [0.05, 0.1) is 5.56 Å². The van der Waals surface area contributed by atoms with E-state index in [1.54, 1.807) is 0 Å². The SMILES string of the molecule is O=C(COc1cccc(C(F)(F)F)c1)c1ccc(F)cc1. The van der Waals surface area contributed by atoms with E-state index < -0.39 is 29.9 Å². The van der Waals surface area contributed by atoms with E-state index in [1.807, 2.05) is 0 Å². The van der Waals surface area contributed by atoms with E-state index in [4.69, 9.17) is 4.74 Å². The molecule has 0 bridgehead atoms. The number of ketones is 1. The van der Waals surface area contributed by atoms with Crippen molar-refractivity contribution in [2.75, 3.05) is 6.61 Å².